The summed E-state index contributed by atoms with van der Waals surface area (Å²) >= 11 is 2.06. The zero-order chi connectivity index (χ0) is 14.9. The molecule has 108 valence electrons. The van der Waals surface area contributed by atoms with Gasteiger partial charge in [0.05, 0.1) is 10.5 Å². The maximum absolute atomic E-state index is 12.7. The predicted octanol–water partition coefficient (Wildman–Crippen LogP) is 3.60. The Labute approximate surface area is 131 Å². The summed E-state index contributed by atoms with van der Waals surface area (Å²) in [7, 11) is 0. The number of non-ortho nitro benzene ring substituents is 1. The molecule has 0 saturated carbocycles. The van der Waals surface area contributed by atoms with Crippen molar-refractivity contribution in [2.75, 3.05) is 0 Å². The fourth-order valence-corrected chi connectivity index (χ4v) is 3.33. The van der Waals surface area contributed by atoms with Crippen LogP contribution in [0.25, 0.3) is 0 Å². The quantitative estimate of drug-likeness (QED) is 0.452. The summed E-state index contributed by atoms with van der Waals surface area (Å²) in [4.78, 5) is 25.0. The van der Waals surface area contributed by atoms with Crippen molar-refractivity contribution >= 4 is 34.2 Å². The van der Waals surface area contributed by atoms with Gasteiger partial charge in [-0.2, -0.15) is 0 Å². The van der Waals surface area contributed by atoms with Gasteiger partial charge in [-0.25, -0.2) is 0 Å². The third-order valence-electron chi connectivity index (χ3n) is 3.88. The van der Waals surface area contributed by atoms with Crippen LogP contribution in [0.2, 0.25) is 0 Å². The van der Waals surface area contributed by atoms with Gasteiger partial charge in [0.15, 0.2) is 0 Å². The summed E-state index contributed by atoms with van der Waals surface area (Å²) in [5, 5.41) is 10.9. The Balaban J connectivity index is 2.37. The molecule has 1 aromatic rings. The van der Waals surface area contributed by atoms with Crippen molar-refractivity contribution in [3.63, 3.8) is 0 Å². The number of likely N-dealkylation sites (tertiary alicyclic amines) is 1. The largest absolute Gasteiger partial charge is 0.333 e. The van der Waals surface area contributed by atoms with E-state index >= 15 is 0 Å². The number of benzene rings is 1. The van der Waals surface area contributed by atoms with Crippen molar-refractivity contribution in [2.45, 2.75) is 45.2 Å². The van der Waals surface area contributed by atoms with Gasteiger partial charge in [0.25, 0.3) is 11.6 Å². The van der Waals surface area contributed by atoms with E-state index in [9.17, 15) is 14.9 Å². The number of hydrogen-bond acceptors (Lipinski definition) is 3. The molecule has 20 heavy (non-hydrogen) atoms. The van der Waals surface area contributed by atoms with Gasteiger partial charge in [0.2, 0.25) is 0 Å². The van der Waals surface area contributed by atoms with Gasteiger partial charge in [-0.05, 0) is 54.8 Å². The molecule has 6 heteroatoms. The summed E-state index contributed by atoms with van der Waals surface area (Å²) in [6.45, 7) is 4.11. The minimum Gasteiger partial charge on any atom is -0.333 e. The third-order valence-corrected chi connectivity index (χ3v) is 4.82. The molecule has 0 bridgehead atoms. The Hall–Kier alpha value is -1.18. The molecule has 0 aliphatic carbocycles. The van der Waals surface area contributed by atoms with Gasteiger partial charge in [0.1, 0.15) is 0 Å². The highest BCUT2D eigenvalue weighted by atomic mass is 127. The third kappa shape index (κ3) is 2.79. The number of amides is 1. The molecule has 1 aromatic carbocycles. The minimum atomic E-state index is -0.461. The van der Waals surface area contributed by atoms with Gasteiger partial charge < -0.3 is 4.90 Å². The Kier molecular flexibility index (Phi) is 4.62. The highest BCUT2D eigenvalue weighted by Crippen LogP contribution is 2.30. The van der Waals surface area contributed by atoms with Crippen LogP contribution in [0.5, 0.6) is 0 Å². The number of carbonyl (C=O) groups is 1. The normalized spacial score (nSPS) is 22.1. The van der Waals surface area contributed by atoms with Crippen molar-refractivity contribution in [1.29, 1.82) is 0 Å². The molecular formula is C14H17IN2O3. The number of carbonyl (C=O) groups excluding carboxylic acids is 1. The van der Waals surface area contributed by atoms with E-state index in [-0.39, 0.29) is 23.7 Å². The molecule has 2 atom stereocenters. The van der Waals surface area contributed by atoms with E-state index < -0.39 is 4.92 Å². The maximum Gasteiger partial charge on any atom is 0.270 e. The highest BCUT2D eigenvalue weighted by molar-refractivity contribution is 14.1. The first-order valence-corrected chi connectivity index (χ1v) is 7.80. The second-order valence-electron chi connectivity index (χ2n) is 5.12. The lowest BCUT2D eigenvalue weighted by Gasteiger charge is -2.28. The number of hydrogen-bond donors (Lipinski definition) is 0. The van der Waals surface area contributed by atoms with Gasteiger partial charge in [-0.15, -0.1) is 0 Å². The summed E-state index contributed by atoms with van der Waals surface area (Å²) in [6.07, 6.45) is 2.92. The van der Waals surface area contributed by atoms with Crippen LogP contribution < -0.4 is 0 Å². The molecule has 0 aromatic heterocycles. The van der Waals surface area contributed by atoms with Gasteiger partial charge in [-0.3, -0.25) is 14.9 Å². The van der Waals surface area contributed by atoms with Crippen LogP contribution >= 0.6 is 22.6 Å². The molecule has 1 aliphatic heterocycles. The van der Waals surface area contributed by atoms with Crippen LogP contribution in [0.4, 0.5) is 5.69 Å². The van der Waals surface area contributed by atoms with E-state index in [1.165, 1.54) is 12.1 Å². The molecule has 1 aliphatic rings. The van der Waals surface area contributed by atoms with E-state index in [0.717, 1.165) is 22.8 Å². The molecule has 0 radical (unpaired) electrons. The van der Waals surface area contributed by atoms with E-state index in [2.05, 4.69) is 29.5 Å². The average Bonchev–Trinajstić information content (AvgIpc) is 2.79. The average molecular weight is 388 g/mol. The Morgan fingerprint density at radius 3 is 2.80 bits per heavy atom. The molecular weight excluding hydrogens is 371 g/mol. The predicted molar refractivity (Wildman–Crippen MR) is 84.8 cm³/mol. The molecule has 0 spiro atoms. The van der Waals surface area contributed by atoms with Crippen molar-refractivity contribution in [1.82, 2.24) is 4.90 Å². The zero-order valence-electron chi connectivity index (χ0n) is 11.5. The monoisotopic (exact) mass is 388 g/mol. The summed E-state index contributed by atoms with van der Waals surface area (Å²) < 4.78 is 0.757. The number of halogens is 1. The molecule has 1 amide bonds. The number of nitrogens with zero attached hydrogens (tertiary/aromatic N) is 2. The molecule has 0 N–H and O–H groups in total. The summed E-state index contributed by atoms with van der Waals surface area (Å²) in [6, 6.07) is 4.90. The lowest BCUT2D eigenvalue weighted by molar-refractivity contribution is -0.384. The number of nitro benzene ring substituents is 1. The van der Waals surface area contributed by atoms with E-state index in [4.69, 9.17) is 0 Å². The number of rotatable bonds is 3. The first kappa shape index (κ1) is 15.2. The van der Waals surface area contributed by atoms with E-state index in [0.29, 0.717) is 5.56 Å². The molecule has 5 nitrogen and oxygen atoms in total. The Bertz CT molecular complexity index is 547. The molecule has 1 heterocycles. The standard InChI is InChI=1S/C14H17IN2O3/c1-3-10-5-4-9(2)16(10)14(18)12-8-11(17(19)20)6-7-13(12)15/h6-10H,3-5H2,1-2H3. The van der Waals surface area contributed by atoms with E-state index in [1.807, 2.05) is 11.8 Å². The topological polar surface area (TPSA) is 63.5 Å². The molecule has 2 rings (SSSR count). The number of nitro groups is 1. The van der Waals surface area contributed by atoms with Crippen molar-refractivity contribution in [3.05, 3.63) is 37.4 Å². The van der Waals surface area contributed by atoms with Crippen molar-refractivity contribution < 1.29 is 9.72 Å². The second kappa shape index (κ2) is 6.07. The molecule has 1 saturated heterocycles. The first-order chi connectivity index (χ1) is 9.45. The fourth-order valence-electron chi connectivity index (χ4n) is 2.77. The van der Waals surface area contributed by atoms with Crippen LogP contribution in [0.15, 0.2) is 18.2 Å². The van der Waals surface area contributed by atoms with Gasteiger partial charge in [-0.1, -0.05) is 6.92 Å². The minimum absolute atomic E-state index is 0.0336. The van der Waals surface area contributed by atoms with Crippen molar-refractivity contribution in [3.8, 4) is 0 Å². The van der Waals surface area contributed by atoms with Crippen LogP contribution in [0.1, 0.15) is 43.5 Å². The Morgan fingerprint density at radius 2 is 2.20 bits per heavy atom. The maximum atomic E-state index is 12.7. The fraction of sp³-hybridized carbons (Fsp3) is 0.500. The first-order valence-electron chi connectivity index (χ1n) is 6.72. The lowest BCUT2D eigenvalue weighted by atomic mass is 10.1. The van der Waals surface area contributed by atoms with Crippen molar-refractivity contribution in [2.24, 2.45) is 0 Å². The Morgan fingerprint density at radius 1 is 1.50 bits per heavy atom. The highest BCUT2D eigenvalue weighted by Gasteiger charge is 2.34. The van der Waals surface area contributed by atoms with Crippen LogP contribution in [-0.2, 0) is 0 Å². The smallest absolute Gasteiger partial charge is 0.270 e. The zero-order valence-corrected chi connectivity index (χ0v) is 13.7. The second-order valence-corrected chi connectivity index (χ2v) is 6.28. The molecule has 1 fully saturated rings. The van der Waals surface area contributed by atoms with Gasteiger partial charge in [0, 0.05) is 27.8 Å². The molecule has 2 unspecified atom stereocenters. The van der Waals surface area contributed by atoms with Gasteiger partial charge >= 0.3 is 0 Å². The van der Waals surface area contributed by atoms with Crippen LogP contribution in [0, 0.1) is 13.7 Å². The van der Waals surface area contributed by atoms with E-state index in [1.54, 1.807) is 6.07 Å². The summed E-state index contributed by atoms with van der Waals surface area (Å²) in [5.41, 5.74) is 0.403. The van der Waals surface area contributed by atoms with Crippen LogP contribution in [0.3, 0.4) is 0 Å². The SMILES string of the molecule is CCC1CCC(C)N1C(=O)c1cc([N+](=O)[O-])ccc1I. The summed E-state index contributed by atoms with van der Waals surface area (Å²) in [5.74, 6) is -0.0880. The van der Waals surface area contributed by atoms with Crippen LogP contribution in [-0.4, -0.2) is 27.8 Å². The lowest BCUT2D eigenvalue weighted by Crippen LogP contribution is -2.40.